The molecule has 2 aromatic rings. The molecule has 1 N–H and O–H groups in total. The van der Waals surface area contributed by atoms with E-state index in [9.17, 15) is 4.79 Å². The highest BCUT2D eigenvalue weighted by atomic mass is 16.5. The van der Waals surface area contributed by atoms with Crippen molar-refractivity contribution in [3.8, 4) is 11.5 Å². The number of hydrogen-bond acceptors (Lipinski definition) is 4. The number of furan rings is 1. The maximum atomic E-state index is 10.6. The van der Waals surface area contributed by atoms with Crippen molar-refractivity contribution in [2.24, 2.45) is 0 Å². The average Bonchev–Trinajstić information content (AvgIpc) is 2.74. The second-order valence-corrected chi connectivity index (χ2v) is 2.36. The summed E-state index contributed by atoms with van der Waals surface area (Å²) in [6.45, 7) is 0. The van der Waals surface area contributed by atoms with Gasteiger partial charge in [-0.25, -0.2) is 4.79 Å². The Balaban J connectivity index is 2.52. The van der Waals surface area contributed by atoms with Gasteiger partial charge < -0.3 is 14.0 Å². The highest BCUT2D eigenvalue weighted by Gasteiger charge is 2.17. The minimum Gasteiger partial charge on any atom is -0.477 e. The molecule has 0 radical (unpaired) electrons. The van der Waals surface area contributed by atoms with Gasteiger partial charge in [0.1, 0.15) is 11.8 Å². The Bertz CT molecular complexity index is 415. The molecule has 2 aromatic heterocycles. The number of aromatic nitrogens is 1. The summed E-state index contributed by atoms with van der Waals surface area (Å²) in [6.07, 6.45) is 2.51. The molecule has 0 unspecified atom stereocenters. The van der Waals surface area contributed by atoms with E-state index in [-0.39, 0.29) is 11.3 Å². The third-order valence-electron chi connectivity index (χ3n) is 1.55. The number of carbonyl (C=O) groups is 1. The maximum absolute atomic E-state index is 10.6. The van der Waals surface area contributed by atoms with Gasteiger partial charge in [0, 0.05) is 0 Å². The van der Waals surface area contributed by atoms with Gasteiger partial charge in [-0.3, -0.25) is 0 Å². The van der Waals surface area contributed by atoms with E-state index in [4.69, 9.17) is 9.52 Å². The number of carboxylic acids is 1. The van der Waals surface area contributed by atoms with Crippen molar-refractivity contribution in [3.05, 3.63) is 30.2 Å². The van der Waals surface area contributed by atoms with Crippen LogP contribution in [-0.2, 0) is 0 Å². The second kappa shape index (κ2) is 2.78. The lowest BCUT2D eigenvalue weighted by Gasteiger charge is -1.89. The van der Waals surface area contributed by atoms with Crippen molar-refractivity contribution in [2.75, 3.05) is 0 Å². The molecular formula is C8H5NO4. The lowest BCUT2D eigenvalue weighted by atomic mass is 10.2. The minimum atomic E-state index is -1.09. The molecule has 2 heterocycles. The summed E-state index contributed by atoms with van der Waals surface area (Å²) >= 11 is 0. The Morgan fingerprint density at radius 3 is 3.00 bits per heavy atom. The van der Waals surface area contributed by atoms with Crippen molar-refractivity contribution in [3.63, 3.8) is 0 Å². The summed E-state index contributed by atoms with van der Waals surface area (Å²) < 4.78 is 9.52. The quantitative estimate of drug-likeness (QED) is 0.758. The molecule has 0 aliphatic carbocycles. The zero-order valence-corrected chi connectivity index (χ0v) is 6.43. The second-order valence-electron chi connectivity index (χ2n) is 2.36. The first-order chi connectivity index (χ1) is 6.29. The summed E-state index contributed by atoms with van der Waals surface area (Å²) in [5, 5.41) is 12.2. The number of carboxylic acid groups (broad SMARTS) is 1. The Kier molecular flexibility index (Phi) is 1.63. The lowest BCUT2D eigenvalue weighted by molar-refractivity contribution is 0.0696. The molecule has 13 heavy (non-hydrogen) atoms. The minimum absolute atomic E-state index is 0.00468. The number of aromatic carboxylic acids is 1. The maximum Gasteiger partial charge on any atom is 0.341 e. The third-order valence-corrected chi connectivity index (χ3v) is 1.55. The molecule has 2 rings (SSSR count). The predicted molar refractivity (Wildman–Crippen MR) is 41.2 cm³/mol. The molecule has 5 heteroatoms. The molecule has 0 atom stereocenters. The lowest BCUT2D eigenvalue weighted by Crippen LogP contribution is -1.95. The van der Waals surface area contributed by atoms with E-state index in [1.165, 1.54) is 6.26 Å². The fourth-order valence-electron chi connectivity index (χ4n) is 0.979. The Hall–Kier alpha value is -2.04. The summed E-state index contributed by atoms with van der Waals surface area (Å²) in [6, 6.07) is 3.26. The van der Waals surface area contributed by atoms with Crippen molar-refractivity contribution in [2.45, 2.75) is 0 Å². The molecule has 0 aliphatic heterocycles. The molecule has 0 fully saturated rings. The highest BCUT2D eigenvalue weighted by molar-refractivity contribution is 5.93. The first-order valence-electron chi connectivity index (χ1n) is 3.50. The smallest absolute Gasteiger partial charge is 0.341 e. The van der Waals surface area contributed by atoms with Gasteiger partial charge in [-0.1, -0.05) is 5.16 Å². The zero-order valence-electron chi connectivity index (χ0n) is 6.43. The molecule has 0 amide bonds. The summed E-state index contributed by atoms with van der Waals surface area (Å²) in [5.41, 5.74) is 0.201. The topological polar surface area (TPSA) is 76.5 Å². The van der Waals surface area contributed by atoms with Crippen LogP contribution in [0.15, 0.2) is 33.6 Å². The van der Waals surface area contributed by atoms with E-state index in [1.807, 2.05) is 0 Å². The Labute approximate surface area is 72.6 Å². The first-order valence-corrected chi connectivity index (χ1v) is 3.50. The highest BCUT2D eigenvalue weighted by Crippen LogP contribution is 2.21. The number of hydrogen-bond donors (Lipinski definition) is 1. The van der Waals surface area contributed by atoms with Crippen molar-refractivity contribution < 1.29 is 18.8 Å². The van der Waals surface area contributed by atoms with E-state index in [0.717, 1.165) is 6.26 Å². The molecular weight excluding hydrogens is 174 g/mol. The van der Waals surface area contributed by atoms with Gasteiger partial charge in [0.2, 0.25) is 0 Å². The van der Waals surface area contributed by atoms with Crippen LogP contribution in [0.1, 0.15) is 10.4 Å². The van der Waals surface area contributed by atoms with Gasteiger partial charge in [0.05, 0.1) is 6.26 Å². The largest absolute Gasteiger partial charge is 0.477 e. The van der Waals surface area contributed by atoms with Crippen LogP contribution in [0.4, 0.5) is 0 Å². The van der Waals surface area contributed by atoms with E-state index in [0.29, 0.717) is 5.76 Å². The van der Waals surface area contributed by atoms with E-state index >= 15 is 0 Å². The van der Waals surface area contributed by atoms with E-state index < -0.39 is 5.97 Å². The molecule has 0 bridgehead atoms. The van der Waals surface area contributed by atoms with Gasteiger partial charge >= 0.3 is 5.97 Å². The standard InChI is InChI=1S/C8H5NO4/c10-8(11)5-4-13-9-7(5)6-2-1-3-12-6/h1-4H,(H,10,11). The van der Waals surface area contributed by atoms with Gasteiger partial charge in [0.15, 0.2) is 11.5 Å². The van der Waals surface area contributed by atoms with Gasteiger partial charge in [-0.2, -0.15) is 0 Å². The Morgan fingerprint density at radius 2 is 2.38 bits per heavy atom. The Morgan fingerprint density at radius 1 is 1.54 bits per heavy atom. The van der Waals surface area contributed by atoms with Crippen LogP contribution in [0.25, 0.3) is 11.5 Å². The van der Waals surface area contributed by atoms with E-state index in [2.05, 4.69) is 9.68 Å². The molecule has 5 nitrogen and oxygen atoms in total. The fraction of sp³-hybridized carbons (Fsp3) is 0. The first kappa shape index (κ1) is 7.60. The zero-order chi connectivity index (χ0) is 9.26. The van der Waals surface area contributed by atoms with Crippen molar-refractivity contribution >= 4 is 5.97 Å². The molecule has 0 saturated carbocycles. The monoisotopic (exact) mass is 179 g/mol. The summed E-state index contributed by atoms with van der Waals surface area (Å²) in [4.78, 5) is 10.6. The predicted octanol–water partition coefficient (Wildman–Crippen LogP) is 1.63. The van der Waals surface area contributed by atoms with Crippen LogP contribution in [0.2, 0.25) is 0 Å². The van der Waals surface area contributed by atoms with Crippen LogP contribution in [0.3, 0.4) is 0 Å². The van der Waals surface area contributed by atoms with Crippen LogP contribution >= 0.6 is 0 Å². The SMILES string of the molecule is O=C(O)c1conc1-c1ccco1. The molecule has 0 spiro atoms. The molecule has 0 aromatic carbocycles. The van der Waals surface area contributed by atoms with Gasteiger partial charge in [0.25, 0.3) is 0 Å². The van der Waals surface area contributed by atoms with Crippen LogP contribution < -0.4 is 0 Å². The number of nitrogens with zero attached hydrogens (tertiary/aromatic N) is 1. The fourth-order valence-corrected chi connectivity index (χ4v) is 0.979. The molecule has 66 valence electrons. The van der Waals surface area contributed by atoms with E-state index in [1.54, 1.807) is 12.1 Å². The average molecular weight is 179 g/mol. The van der Waals surface area contributed by atoms with Crippen molar-refractivity contribution in [1.82, 2.24) is 5.16 Å². The van der Waals surface area contributed by atoms with Crippen LogP contribution in [0, 0.1) is 0 Å². The summed E-state index contributed by atoms with van der Waals surface area (Å²) in [7, 11) is 0. The third kappa shape index (κ3) is 1.20. The summed E-state index contributed by atoms with van der Waals surface area (Å²) in [5.74, 6) is -0.709. The van der Waals surface area contributed by atoms with Crippen LogP contribution in [0.5, 0.6) is 0 Å². The number of rotatable bonds is 2. The van der Waals surface area contributed by atoms with Gasteiger partial charge in [-0.05, 0) is 12.1 Å². The normalized spacial score (nSPS) is 10.2. The van der Waals surface area contributed by atoms with Gasteiger partial charge in [-0.15, -0.1) is 0 Å². The van der Waals surface area contributed by atoms with Crippen molar-refractivity contribution in [1.29, 1.82) is 0 Å². The molecule has 0 aliphatic rings. The molecule has 0 saturated heterocycles. The van der Waals surface area contributed by atoms with Crippen LogP contribution in [-0.4, -0.2) is 16.2 Å².